The smallest absolute Gasteiger partial charge is 0.270 e. The minimum absolute atomic E-state index is 0.0877. The van der Waals surface area contributed by atoms with E-state index in [1.54, 1.807) is 24.0 Å². The number of non-ortho nitro benzene ring substituents is 1. The minimum atomic E-state index is -0.473. The summed E-state index contributed by atoms with van der Waals surface area (Å²) >= 11 is 1.69. The molecule has 3 aromatic rings. The molecule has 0 bridgehead atoms. The first-order chi connectivity index (χ1) is 15.1. The summed E-state index contributed by atoms with van der Waals surface area (Å²) in [6.45, 7) is 1.70. The van der Waals surface area contributed by atoms with Crippen LogP contribution in [0.15, 0.2) is 71.9 Å². The Hall–Kier alpha value is -3.39. The van der Waals surface area contributed by atoms with E-state index in [-0.39, 0.29) is 11.6 Å². The van der Waals surface area contributed by atoms with Crippen molar-refractivity contribution in [2.45, 2.75) is 23.5 Å². The molecule has 1 saturated heterocycles. The van der Waals surface area contributed by atoms with Crippen molar-refractivity contribution in [3.05, 3.63) is 88.2 Å². The summed E-state index contributed by atoms with van der Waals surface area (Å²) < 4.78 is 0. The van der Waals surface area contributed by atoms with Crippen molar-refractivity contribution < 1.29 is 9.72 Å². The van der Waals surface area contributed by atoms with Crippen LogP contribution in [0.1, 0.15) is 28.8 Å². The quantitative estimate of drug-likeness (QED) is 0.315. The van der Waals surface area contributed by atoms with Gasteiger partial charge >= 0.3 is 0 Å². The molecule has 1 aliphatic rings. The molecule has 2 aromatic carbocycles. The summed E-state index contributed by atoms with van der Waals surface area (Å²) in [5, 5.41) is 14.1. The highest BCUT2D eigenvalue weighted by molar-refractivity contribution is 7.98. The molecule has 0 unspecified atom stereocenters. The number of anilines is 2. The molecule has 0 spiro atoms. The molecule has 1 aliphatic heterocycles. The van der Waals surface area contributed by atoms with Gasteiger partial charge in [-0.05, 0) is 54.8 Å². The number of aromatic nitrogens is 1. The first kappa shape index (κ1) is 20.9. The van der Waals surface area contributed by atoms with Crippen LogP contribution in [0, 0.1) is 10.1 Å². The number of hydrogen-bond donors (Lipinski definition) is 1. The third-order valence-corrected chi connectivity index (χ3v) is 6.21. The normalized spacial score (nSPS) is 13.2. The van der Waals surface area contributed by atoms with Crippen molar-refractivity contribution in [2.75, 3.05) is 23.3 Å². The first-order valence-corrected chi connectivity index (χ1v) is 11.1. The molecule has 4 rings (SSSR count). The van der Waals surface area contributed by atoms with Gasteiger partial charge in [0.15, 0.2) is 0 Å². The highest BCUT2D eigenvalue weighted by Crippen LogP contribution is 2.29. The van der Waals surface area contributed by atoms with Crippen LogP contribution in [0.4, 0.5) is 17.1 Å². The van der Waals surface area contributed by atoms with Gasteiger partial charge in [-0.25, -0.2) is 0 Å². The SMILES string of the molecule is O=C(Nc1ccc(SCc2cccnc2)cc1)c1cc([N+](=O)[O-])ccc1N1CCCC1. The van der Waals surface area contributed by atoms with E-state index < -0.39 is 4.92 Å². The van der Waals surface area contributed by atoms with Crippen molar-refractivity contribution in [1.29, 1.82) is 0 Å². The molecule has 0 saturated carbocycles. The second-order valence-electron chi connectivity index (χ2n) is 7.28. The molecule has 2 heterocycles. The Labute approximate surface area is 184 Å². The number of hydrogen-bond acceptors (Lipinski definition) is 6. The maximum Gasteiger partial charge on any atom is 0.270 e. The van der Waals surface area contributed by atoms with Gasteiger partial charge < -0.3 is 10.2 Å². The molecule has 1 fully saturated rings. The predicted octanol–water partition coefficient (Wildman–Crippen LogP) is 5.13. The average Bonchev–Trinajstić information content (AvgIpc) is 3.33. The Morgan fingerprint density at radius 1 is 1.13 bits per heavy atom. The van der Waals surface area contributed by atoms with Crippen molar-refractivity contribution in [3.63, 3.8) is 0 Å². The zero-order valence-corrected chi connectivity index (χ0v) is 17.7. The van der Waals surface area contributed by atoms with E-state index in [2.05, 4.69) is 15.2 Å². The van der Waals surface area contributed by atoms with Crippen molar-refractivity contribution in [3.8, 4) is 0 Å². The fraction of sp³-hybridized carbons (Fsp3) is 0.217. The van der Waals surface area contributed by atoms with Crippen LogP contribution >= 0.6 is 11.8 Å². The Balaban J connectivity index is 1.47. The van der Waals surface area contributed by atoms with Crippen LogP contribution in [0.2, 0.25) is 0 Å². The number of nitrogens with zero attached hydrogens (tertiary/aromatic N) is 3. The minimum Gasteiger partial charge on any atom is -0.371 e. The van der Waals surface area contributed by atoms with Gasteiger partial charge in [0.25, 0.3) is 11.6 Å². The fourth-order valence-corrected chi connectivity index (χ4v) is 4.37. The summed E-state index contributed by atoms with van der Waals surface area (Å²) in [7, 11) is 0. The Morgan fingerprint density at radius 2 is 1.90 bits per heavy atom. The molecule has 0 radical (unpaired) electrons. The number of nitro groups is 1. The van der Waals surface area contributed by atoms with Crippen LogP contribution in [-0.4, -0.2) is 28.9 Å². The molecule has 8 heteroatoms. The number of benzene rings is 2. The lowest BCUT2D eigenvalue weighted by Gasteiger charge is -2.21. The maximum absolute atomic E-state index is 13.0. The largest absolute Gasteiger partial charge is 0.371 e. The van der Waals surface area contributed by atoms with Crippen LogP contribution in [0.5, 0.6) is 0 Å². The van der Waals surface area contributed by atoms with E-state index >= 15 is 0 Å². The number of pyridine rings is 1. The number of nitro benzene ring substituents is 1. The number of rotatable bonds is 7. The van der Waals surface area contributed by atoms with Crippen LogP contribution < -0.4 is 10.2 Å². The van der Waals surface area contributed by atoms with Crippen LogP contribution in [0.25, 0.3) is 0 Å². The van der Waals surface area contributed by atoms with Gasteiger partial charge in [0.1, 0.15) is 0 Å². The molecule has 31 heavy (non-hydrogen) atoms. The van der Waals surface area contributed by atoms with E-state index in [0.29, 0.717) is 11.3 Å². The second kappa shape index (κ2) is 9.61. The van der Waals surface area contributed by atoms with Gasteiger partial charge in [0.2, 0.25) is 0 Å². The third kappa shape index (κ3) is 5.21. The fourth-order valence-electron chi connectivity index (χ4n) is 3.54. The zero-order chi connectivity index (χ0) is 21.6. The standard InChI is InChI=1S/C23H22N4O3S/c28-23(21-14-19(27(29)30)7-10-22(21)26-12-1-2-13-26)25-18-5-8-20(9-6-18)31-16-17-4-3-11-24-15-17/h3-11,14-15H,1-2,12-13,16H2,(H,25,28). The molecular weight excluding hydrogens is 412 g/mol. The Morgan fingerprint density at radius 3 is 2.58 bits per heavy atom. The number of nitrogens with one attached hydrogen (secondary N) is 1. The molecule has 0 atom stereocenters. The highest BCUT2D eigenvalue weighted by atomic mass is 32.2. The second-order valence-corrected chi connectivity index (χ2v) is 8.33. The monoisotopic (exact) mass is 434 g/mol. The first-order valence-electron chi connectivity index (χ1n) is 10.1. The summed E-state index contributed by atoms with van der Waals surface area (Å²) in [6.07, 6.45) is 5.70. The number of carbonyl (C=O) groups is 1. The molecule has 7 nitrogen and oxygen atoms in total. The lowest BCUT2D eigenvalue weighted by atomic mass is 10.1. The highest BCUT2D eigenvalue weighted by Gasteiger charge is 2.22. The number of amides is 1. The molecule has 158 valence electrons. The van der Waals surface area contributed by atoms with Gasteiger partial charge in [-0.3, -0.25) is 19.9 Å². The molecule has 1 aromatic heterocycles. The summed E-state index contributed by atoms with van der Waals surface area (Å²) in [5.41, 5.74) is 2.77. The summed E-state index contributed by atoms with van der Waals surface area (Å²) in [5.74, 6) is 0.466. The molecule has 0 aliphatic carbocycles. The van der Waals surface area contributed by atoms with Gasteiger partial charge in [-0.1, -0.05) is 6.07 Å². The van der Waals surface area contributed by atoms with E-state index in [9.17, 15) is 14.9 Å². The Kier molecular flexibility index (Phi) is 6.47. The average molecular weight is 435 g/mol. The van der Waals surface area contributed by atoms with E-state index in [1.807, 2.05) is 42.6 Å². The van der Waals surface area contributed by atoms with Crippen molar-refractivity contribution in [2.24, 2.45) is 0 Å². The van der Waals surface area contributed by atoms with Gasteiger partial charge in [-0.2, -0.15) is 0 Å². The molecule has 1 N–H and O–H groups in total. The third-order valence-electron chi connectivity index (χ3n) is 5.12. The topological polar surface area (TPSA) is 88.4 Å². The lowest BCUT2D eigenvalue weighted by molar-refractivity contribution is -0.384. The van der Waals surface area contributed by atoms with Gasteiger partial charge in [0, 0.05) is 54.0 Å². The summed E-state index contributed by atoms with van der Waals surface area (Å²) in [6, 6.07) is 16.0. The van der Waals surface area contributed by atoms with E-state index in [4.69, 9.17) is 0 Å². The van der Waals surface area contributed by atoms with Gasteiger partial charge in [-0.15, -0.1) is 11.8 Å². The predicted molar refractivity (Wildman–Crippen MR) is 123 cm³/mol. The van der Waals surface area contributed by atoms with E-state index in [0.717, 1.165) is 47.8 Å². The lowest BCUT2D eigenvalue weighted by Crippen LogP contribution is -2.23. The number of thioether (sulfide) groups is 1. The van der Waals surface area contributed by atoms with Crippen molar-refractivity contribution >= 4 is 34.7 Å². The Bertz CT molecular complexity index is 1070. The molecule has 1 amide bonds. The van der Waals surface area contributed by atoms with Crippen LogP contribution in [0.3, 0.4) is 0 Å². The summed E-state index contributed by atoms with van der Waals surface area (Å²) in [4.78, 5) is 31.0. The van der Waals surface area contributed by atoms with Crippen LogP contribution in [-0.2, 0) is 5.75 Å². The van der Waals surface area contributed by atoms with E-state index in [1.165, 1.54) is 12.1 Å². The maximum atomic E-state index is 13.0. The molecular formula is C23H22N4O3S. The zero-order valence-electron chi connectivity index (χ0n) is 16.9. The number of carbonyl (C=O) groups excluding carboxylic acids is 1. The van der Waals surface area contributed by atoms with Gasteiger partial charge in [0.05, 0.1) is 16.2 Å². The van der Waals surface area contributed by atoms with Crippen molar-refractivity contribution in [1.82, 2.24) is 4.98 Å².